The van der Waals surface area contributed by atoms with Gasteiger partial charge in [-0.3, -0.25) is 9.69 Å². The molecule has 0 saturated carbocycles. The van der Waals surface area contributed by atoms with Crippen LogP contribution in [0.2, 0.25) is 0 Å². The van der Waals surface area contributed by atoms with E-state index in [1.54, 1.807) is 0 Å². The number of hydrogen-bond donors (Lipinski definition) is 0. The molecule has 1 rings (SSSR count). The summed E-state index contributed by atoms with van der Waals surface area (Å²) in [6.07, 6.45) is 1.06. The Balaban J connectivity index is 2.77. The van der Waals surface area contributed by atoms with Crippen LogP contribution in [0.3, 0.4) is 0 Å². The van der Waals surface area contributed by atoms with Crippen molar-refractivity contribution < 1.29 is 4.79 Å². The van der Waals surface area contributed by atoms with Crippen LogP contribution in [-0.4, -0.2) is 29.3 Å². The van der Waals surface area contributed by atoms with Crippen LogP contribution in [0.4, 0.5) is 0 Å². The Morgan fingerprint density at radius 2 is 1.69 bits per heavy atom. The van der Waals surface area contributed by atoms with Gasteiger partial charge in [-0.25, -0.2) is 0 Å². The van der Waals surface area contributed by atoms with Gasteiger partial charge in [0, 0.05) is 18.5 Å². The van der Waals surface area contributed by atoms with Gasteiger partial charge in [-0.1, -0.05) is 27.7 Å². The third-order valence-electron chi connectivity index (χ3n) is 3.88. The fraction of sp³-hybridized carbons (Fsp3) is 0.929. The van der Waals surface area contributed by atoms with Crippen LogP contribution < -0.4 is 0 Å². The van der Waals surface area contributed by atoms with E-state index in [-0.39, 0.29) is 12.0 Å². The molecule has 0 spiro atoms. The lowest BCUT2D eigenvalue weighted by molar-refractivity contribution is -0.126. The van der Waals surface area contributed by atoms with Crippen molar-refractivity contribution >= 4 is 5.78 Å². The largest absolute Gasteiger partial charge is 0.298 e. The van der Waals surface area contributed by atoms with E-state index in [2.05, 4.69) is 32.6 Å². The maximum atomic E-state index is 12.2. The molecule has 1 saturated heterocycles. The quantitative estimate of drug-likeness (QED) is 0.733. The van der Waals surface area contributed by atoms with Gasteiger partial charge in [-0.05, 0) is 32.1 Å². The topological polar surface area (TPSA) is 20.3 Å². The Labute approximate surface area is 100 Å². The van der Waals surface area contributed by atoms with Gasteiger partial charge in [0.1, 0.15) is 0 Å². The fourth-order valence-electron chi connectivity index (χ4n) is 2.61. The molecular weight excluding hydrogens is 198 g/mol. The van der Waals surface area contributed by atoms with Crippen LogP contribution in [0.15, 0.2) is 0 Å². The number of hydrogen-bond acceptors (Lipinski definition) is 2. The zero-order valence-electron chi connectivity index (χ0n) is 11.7. The summed E-state index contributed by atoms with van der Waals surface area (Å²) >= 11 is 0. The molecule has 16 heavy (non-hydrogen) atoms. The molecule has 0 aromatic heterocycles. The molecule has 1 aliphatic heterocycles. The summed E-state index contributed by atoms with van der Waals surface area (Å²) in [5, 5.41) is 0. The van der Waals surface area contributed by atoms with Gasteiger partial charge in [-0.15, -0.1) is 0 Å². The summed E-state index contributed by atoms with van der Waals surface area (Å²) < 4.78 is 0. The van der Waals surface area contributed by atoms with Gasteiger partial charge in [0.05, 0.1) is 6.04 Å². The lowest BCUT2D eigenvalue weighted by Gasteiger charge is -2.28. The van der Waals surface area contributed by atoms with Crippen molar-refractivity contribution in [3.05, 3.63) is 0 Å². The summed E-state index contributed by atoms with van der Waals surface area (Å²) in [4.78, 5) is 14.6. The second-order valence-electron chi connectivity index (χ2n) is 6.10. The number of rotatable bonds is 4. The van der Waals surface area contributed by atoms with Crippen molar-refractivity contribution in [1.29, 1.82) is 0 Å². The fourth-order valence-corrected chi connectivity index (χ4v) is 2.61. The molecule has 0 aromatic carbocycles. The number of carbonyl (C=O) groups excluding carboxylic acids is 1. The van der Waals surface area contributed by atoms with E-state index in [0.717, 1.165) is 13.0 Å². The highest BCUT2D eigenvalue weighted by Crippen LogP contribution is 2.31. The average Bonchev–Trinajstić information content (AvgIpc) is 2.60. The summed E-state index contributed by atoms with van der Waals surface area (Å²) in [6.45, 7) is 14.1. The molecule has 1 unspecified atom stereocenters. The first-order valence-corrected chi connectivity index (χ1v) is 6.64. The first kappa shape index (κ1) is 13.7. The molecule has 0 N–H and O–H groups in total. The molecule has 1 aliphatic rings. The van der Waals surface area contributed by atoms with Gasteiger partial charge in [0.2, 0.25) is 0 Å². The number of ketones is 1. The SMILES string of the molecule is CC(C)C(=O)[C@@H]1CC(C(C)C)CN1C(C)C. The number of Topliss-reactive ketones (excluding diaryl/α,β-unsaturated/α-hetero) is 1. The summed E-state index contributed by atoms with van der Waals surface area (Å²) in [7, 11) is 0. The summed E-state index contributed by atoms with van der Waals surface area (Å²) in [5.74, 6) is 1.97. The highest BCUT2D eigenvalue weighted by molar-refractivity contribution is 5.86. The monoisotopic (exact) mass is 225 g/mol. The van der Waals surface area contributed by atoms with Gasteiger partial charge in [-0.2, -0.15) is 0 Å². The molecule has 0 aromatic rings. The second kappa shape index (κ2) is 5.31. The maximum absolute atomic E-state index is 12.2. The van der Waals surface area contributed by atoms with Gasteiger partial charge < -0.3 is 0 Å². The third kappa shape index (κ3) is 2.85. The molecule has 0 bridgehead atoms. The zero-order chi connectivity index (χ0) is 12.5. The minimum Gasteiger partial charge on any atom is -0.298 e. The standard InChI is InChI=1S/C14H27NO/c1-9(2)12-7-13(14(16)10(3)4)15(8-12)11(5)6/h9-13H,7-8H2,1-6H3/t12?,13-/m0/s1. The minimum absolute atomic E-state index is 0.164. The van der Waals surface area contributed by atoms with E-state index < -0.39 is 0 Å². The Morgan fingerprint density at radius 3 is 2.06 bits per heavy atom. The normalized spacial score (nSPS) is 27.3. The highest BCUT2D eigenvalue weighted by Gasteiger charge is 2.39. The Hall–Kier alpha value is -0.370. The van der Waals surface area contributed by atoms with Crippen LogP contribution in [0, 0.1) is 17.8 Å². The minimum atomic E-state index is 0.164. The maximum Gasteiger partial charge on any atom is 0.152 e. The smallest absolute Gasteiger partial charge is 0.152 e. The molecular formula is C14H27NO. The van der Waals surface area contributed by atoms with Crippen molar-refractivity contribution in [3.8, 4) is 0 Å². The van der Waals surface area contributed by atoms with E-state index in [0.29, 0.717) is 23.7 Å². The Bertz CT molecular complexity index is 245. The van der Waals surface area contributed by atoms with Crippen molar-refractivity contribution in [3.63, 3.8) is 0 Å². The first-order valence-electron chi connectivity index (χ1n) is 6.64. The van der Waals surface area contributed by atoms with Crippen LogP contribution >= 0.6 is 0 Å². The molecule has 94 valence electrons. The molecule has 2 atom stereocenters. The van der Waals surface area contributed by atoms with Crippen molar-refractivity contribution in [2.45, 2.75) is 60.0 Å². The van der Waals surface area contributed by atoms with Crippen LogP contribution in [-0.2, 0) is 4.79 Å². The predicted molar refractivity (Wildman–Crippen MR) is 68.4 cm³/mol. The van der Waals surface area contributed by atoms with Crippen molar-refractivity contribution in [1.82, 2.24) is 4.90 Å². The molecule has 1 heterocycles. The van der Waals surface area contributed by atoms with Gasteiger partial charge in [0.25, 0.3) is 0 Å². The molecule has 0 aliphatic carbocycles. The van der Waals surface area contributed by atoms with Crippen molar-refractivity contribution in [2.24, 2.45) is 17.8 Å². The molecule has 2 nitrogen and oxygen atoms in total. The third-order valence-corrected chi connectivity index (χ3v) is 3.88. The molecule has 2 heteroatoms. The first-order chi connectivity index (χ1) is 7.34. The average molecular weight is 225 g/mol. The van der Waals surface area contributed by atoms with Crippen molar-refractivity contribution in [2.75, 3.05) is 6.54 Å². The summed E-state index contributed by atoms with van der Waals surface area (Å²) in [5.41, 5.74) is 0. The molecule has 0 amide bonds. The highest BCUT2D eigenvalue weighted by atomic mass is 16.1. The molecule has 1 fully saturated rings. The number of nitrogens with zero attached hydrogens (tertiary/aromatic N) is 1. The van der Waals surface area contributed by atoms with E-state index in [1.165, 1.54) is 0 Å². The van der Waals surface area contributed by atoms with E-state index in [1.807, 2.05) is 13.8 Å². The number of likely N-dealkylation sites (tertiary alicyclic amines) is 1. The summed E-state index contributed by atoms with van der Waals surface area (Å²) in [6, 6.07) is 0.656. The lowest BCUT2D eigenvalue weighted by Crippen LogP contribution is -2.42. The van der Waals surface area contributed by atoms with E-state index in [4.69, 9.17) is 0 Å². The zero-order valence-corrected chi connectivity index (χ0v) is 11.7. The van der Waals surface area contributed by atoms with Gasteiger partial charge >= 0.3 is 0 Å². The van der Waals surface area contributed by atoms with E-state index in [9.17, 15) is 4.79 Å². The predicted octanol–water partition coefficient (Wildman–Crippen LogP) is 2.97. The van der Waals surface area contributed by atoms with Crippen LogP contribution in [0.5, 0.6) is 0 Å². The van der Waals surface area contributed by atoms with Crippen LogP contribution in [0.25, 0.3) is 0 Å². The Morgan fingerprint density at radius 1 is 1.12 bits per heavy atom. The lowest BCUT2D eigenvalue weighted by atomic mass is 9.90. The van der Waals surface area contributed by atoms with Crippen LogP contribution in [0.1, 0.15) is 48.0 Å². The van der Waals surface area contributed by atoms with E-state index >= 15 is 0 Å². The second-order valence-corrected chi connectivity index (χ2v) is 6.10. The molecule has 0 radical (unpaired) electrons. The van der Waals surface area contributed by atoms with Gasteiger partial charge in [0.15, 0.2) is 5.78 Å². The number of carbonyl (C=O) groups is 1. The Kier molecular flexibility index (Phi) is 4.54.